The molecule has 92 valence electrons. The lowest BCUT2D eigenvalue weighted by molar-refractivity contribution is -0.154. The van der Waals surface area contributed by atoms with Crippen LogP contribution in [0.5, 0.6) is 0 Å². The average molecular weight is 229 g/mol. The molecule has 1 aliphatic heterocycles. The molecule has 1 saturated carbocycles. The lowest BCUT2D eigenvalue weighted by atomic mass is 9.70. The molecule has 0 spiro atoms. The van der Waals surface area contributed by atoms with Gasteiger partial charge in [0.25, 0.3) is 0 Å². The number of carbonyl (C=O) groups is 1. The fourth-order valence-electron chi connectivity index (χ4n) is 2.79. The van der Waals surface area contributed by atoms with Crippen LogP contribution in [0, 0.1) is 0 Å². The van der Waals surface area contributed by atoms with Gasteiger partial charge >= 0.3 is 5.97 Å². The van der Waals surface area contributed by atoms with Crippen LogP contribution in [0.3, 0.4) is 0 Å². The molecule has 2 aliphatic rings. The molecule has 2 fully saturated rings. The second-order valence-electron chi connectivity index (χ2n) is 4.66. The Balaban J connectivity index is 2.00. The smallest absolute Gasteiger partial charge is 0.305 e. The van der Waals surface area contributed by atoms with Gasteiger partial charge < -0.3 is 14.6 Å². The van der Waals surface area contributed by atoms with Crippen LogP contribution in [0.1, 0.15) is 19.3 Å². The summed E-state index contributed by atoms with van der Waals surface area (Å²) in [5.41, 5.74) is -0.184. The van der Waals surface area contributed by atoms with Crippen LogP contribution in [0.25, 0.3) is 0 Å². The molecule has 0 aromatic carbocycles. The van der Waals surface area contributed by atoms with Crippen LogP contribution in [0.15, 0.2) is 0 Å². The molecule has 1 heterocycles. The Morgan fingerprint density at radius 1 is 1.50 bits per heavy atom. The highest BCUT2D eigenvalue weighted by Gasteiger charge is 2.50. The normalized spacial score (nSPS) is 35.7. The van der Waals surface area contributed by atoms with E-state index < -0.39 is 5.97 Å². The van der Waals surface area contributed by atoms with Gasteiger partial charge in [-0.3, -0.25) is 9.69 Å². The number of hydrogen-bond donors (Lipinski definition) is 1. The minimum atomic E-state index is -0.721. The number of methoxy groups -OCH3 is 1. The topological polar surface area (TPSA) is 59.0 Å². The summed E-state index contributed by atoms with van der Waals surface area (Å²) in [5.74, 6) is -0.721. The van der Waals surface area contributed by atoms with Crippen LogP contribution < -0.4 is 0 Å². The van der Waals surface area contributed by atoms with Crippen molar-refractivity contribution in [2.45, 2.75) is 30.9 Å². The van der Waals surface area contributed by atoms with E-state index in [0.29, 0.717) is 13.2 Å². The number of carboxylic acid groups (broad SMARTS) is 1. The number of rotatable bonds is 4. The Morgan fingerprint density at radius 2 is 2.12 bits per heavy atom. The largest absolute Gasteiger partial charge is 0.481 e. The van der Waals surface area contributed by atoms with Gasteiger partial charge in [-0.05, 0) is 12.8 Å². The predicted octanol–water partition coefficient (Wildman–Crippen LogP) is 0.341. The lowest BCUT2D eigenvalue weighted by Crippen LogP contribution is -2.63. The zero-order valence-electron chi connectivity index (χ0n) is 9.65. The Bertz CT molecular complexity index is 257. The number of aliphatic carboxylic acids is 1. The average Bonchev–Trinajstić information content (AvgIpc) is 2.23. The van der Waals surface area contributed by atoms with E-state index in [0.717, 1.165) is 25.9 Å². The highest BCUT2D eigenvalue weighted by atomic mass is 16.5. The van der Waals surface area contributed by atoms with E-state index in [9.17, 15) is 4.79 Å². The lowest BCUT2D eigenvalue weighted by Gasteiger charge is -2.54. The summed E-state index contributed by atoms with van der Waals surface area (Å²) in [6.07, 6.45) is 2.10. The zero-order valence-corrected chi connectivity index (χ0v) is 9.65. The highest BCUT2D eigenvalue weighted by molar-refractivity contribution is 5.68. The number of hydrogen-bond acceptors (Lipinski definition) is 4. The molecule has 0 unspecified atom stereocenters. The van der Waals surface area contributed by atoms with Crippen LogP contribution in [-0.2, 0) is 14.3 Å². The van der Waals surface area contributed by atoms with Crippen LogP contribution in [-0.4, -0.2) is 61.0 Å². The first kappa shape index (κ1) is 11.8. The Hall–Kier alpha value is -0.650. The van der Waals surface area contributed by atoms with Gasteiger partial charge in [-0.15, -0.1) is 0 Å². The first-order chi connectivity index (χ1) is 7.66. The first-order valence-electron chi connectivity index (χ1n) is 5.74. The number of morpholine rings is 1. The molecule has 0 bridgehead atoms. The number of carboxylic acids is 1. The third-order valence-corrected chi connectivity index (χ3v) is 3.71. The van der Waals surface area contributed by atoms with E-state index in [1.807, 2.05) is 0 Å². The molecule has 2 rings (SSSR count). The zero-order chi connectivity index (χ0) is 11.6. The summed E-state index contributed by atoms with van der Waals surface area (Å²) < 4.78 is 10.6. The van der Waals surface area contributed by atoms with Crippen molar-refractivity contribution < 1.29 is 19.4 Å². The van der Waals surface area contributed by atoms with Crippen molar-refractivity contribution in [2.75, 3.05) is 33.4 Å². The van der Waals surface area contributed by atoms with Crippen molar-refractivity contribution in [3.05, 3.63) is 0 Å². The second kappa shape index (κ2) is 4.69. The molecule has 1 N–H and O–H groups in total. The molecular formula is C11H19NO4. The van der Waals surface area contributed by atoms with Crippen molar-refractivity contribution in [3.63, 3.8) is 0 Å². The minimum Gasteiger partial charge on any atom is -0.481 e. The summed E-state index contributed by atoms with van der Waals surface area (Å²) in [5, 5.41) is 9.00. The molecule has 1 aliphatic carbocycles. The maximum Gasteiger partial charge on any atom is 0.305 e. The van der Waals surface area contributed by atoms with Gasteiger partial charge in [0, 0.05) is 25.7 Å². The third-order valence-electron chi connectivity index (χ3n) is 3.71. The van der Waals surface area contributed by atoms with Crippen molar-refractivity contribution in [1.29, 1.82) is 0 Å². The third kappa shape index (κ3) is 2.21. The van der Waals surface area contributed by atoms with E-state index in [-0.39, 0.29) is 18.1 Å². The molecule has 0 aromatic heterocycles. The van der Waals surface area contributed by atoms with Gasteiger partial charge in [0.1, 0.15) is 0 Å². The predicted molar refractivity (Wildman–Crippen MR) is 57.4 cm³/mol. The summed E-state index contributed by atoms with van der Waals surface area (Å²) in [6, 6.07) is 0. The molecule has 5 nitrogen and oxygen atoms in total. The fraction of sp³-hybridized carbons (Fsp3) is 0.909. The monoisotopic (exact) mass is 229 g/mol. The molecule has 0 radical (unpaired) electrons. The highest BCUT2D eigenvalue weighted by Crippen LogP contribution is 2.42. The molecule has 0 atom stereocenters. The Morgan fingerprint density at radius 3 is 2.62 bits per heavy atom. The minimum absolute atomic E-state index is 0.184. The van der Waals surface area contributed by atoms with Crippen molar-refractivity contribution in [1.82, 2.24) is 4.90 Å². The summed E-state index contributed by atoms with van der Waals surface area (Å²) in [7, 11) is 1.69. The summed E-state index contributed by atoms with van der Waals surface area (Å²) in [6.45, 7) is 3.09. The molecule has 16 heavy (non-hydrogen) atoms. The molecule has 0 aromatic rings. The molecule has 0 amide bonds. The maximum absolute atomic E-state index is 10.9. The van der Waals surface area contributed by atoms with E-state index >= 15 is 0 Å². The van der Waals surface area contributed by atoms with E-state index in [1.54, 1.807) is 7.11 Å². The summed E-state index contributed by atoms with van der Waals surface area (Å²) in [4.78, 5) is 13.2. The van der Waals surface area contributed by atoms with Crippen molar-refractivity contribution >= 4 is 5.97 Å². The van der Waals surface area contributed by atoms with Crippen LogP contribution >= 0.6 is 0 Å². The van der Waals surface area contributed by atoms with E-state index in [1.165, 1.54) is 0 Å². The van der Waals surface area contributed by atoms with E-state index in [2.05, 4.69) is 4.90 Å². The van der Waals surface area contributed by atoms with Crippen LogP contribution in [0.2, 0.25) is 0 Å². The molecule has 5 heteroatoms. The molecule has 1 saturated heterocycles. The van der Waals surface area contributed by atoms with Gasteiger partial charge in [-0.1, -0.05) is 0 Å². The second-order valence-corrected chi connectivity index (χ2v) is 4.66. The van der Waals surface area contributed by atoms with Gasteiger partial charge in [-0.25, -0.2) is 0 Å². The van der Waals surface area contributed by atoms with Gasteiger partial charge in [0.15, 0.2) is 0 Å². The van der Waals surface area contributed by atoms with Crippen molar-refractivity contribution in [3.8, 4) is 0 Å². The SMILES string of the molecule is COC1CC(CC(=O)O)(N2CCOCC2)C1. The summed E-state index contributed by atoms with van der Waals surface area (Å²) >= 11 is 0. The Kier molecular flexibility index (Phi) is 3.47. The number of ether oxygens (including phenoxy) is 2. The first-order valence-corrected chi connectivity index (χ1v) is 5.74. The van der Waals surface area contributed by atoms with Crippen LogP contribution in [0.4, 0.5) is 0 Å². The fourth-order valence-corrected chi connectivity index (χ4v) is 2.79. The van der Waals surface area contributed by atoms with Gasteiger partial charge in [-0.2, -0.15) is 0 Å². The van der Waals surface area contributed by atoms with Crippen molar-refractivity contribution in [2.24, 2.45) is 0 Å². The van der Waals surface area contributed by atoms with E-state index in [4.69, 9.17) is 14.6 Å². The Labute approximate surface area is 95.3 Å². The molecular weight excluding hydrogens is 210 g/mol. The number of nitrogens with zero attached hydrogens (tertiary/aromatic N) is 1. The quantitative estimate of drug-likeness (QED) is 0.753. The standard InChI is InChI=1S/C11H19NO4/c1-15-9-6-11(7-9,8-10(13)14)12-2-4-16-5-3-12/h9H,2-8H2,1H3,(H,13,14). The van der Waals surface area contributed by atoms with Gasteiger partial charge in [0.2, 0.25) is 0 Å². The maximum atomic E-state index is 10.9. The van der Waals surface area contributed by atoms with Gasteiger partial charge in [0.05, 0.1) is 25.7 Å².